The van der Waals surface area contributed by atoms with Crippen LogP contribution in [0.15, 0.2) is 24.3 Å². The van der Waals surface area contributed by atoms with Crippen LogP contribution in [0.4, 0.5) is 10.1 Å². The van der Waals surface area contributed by atoms with Gasteiger partial charge >= 0.3 is 0 Å². The molecule has 1 N–H and O–H groups in total. The Bertz CT molecular complexity index is 505. The molecule has 0 radical (unpaired) electrons. The van der Waals surface area contributed by atoms with E-state index in [0.29, 0.717) is 26.1 Å². The maximum absolute atomic E-state index is 13.0. The Hall–Kier alpha value is -1.08. The summed E-state index contributed by atoms with van der Waals surface area (Å²) in [4.78, 5) is 16.4. The number of hydrogen-bond donors (Lipinski definition) is 1. The zero-order valence-electron chi connectivity index (χ0n) is 13.4. The monoisotopic (exact) mass is 379 g/mol. The highest BCUT2D eigenvalue weighted by Crippen LogP contribution is 2.17. The van der Waals surface area contributed by atoms with Gasteiger partial charge < -0.3 is 19.9 Å². The minimum Gasteiger partial charge on any atom is -0.375 e. The van der Waals surface area contributed by atoms with Crippen LogP contribution in [0, 0.1) is 5.82 Å². The number of rotatable bonds is 3. The quantitative estimate of drug-likeness (QED) is 0.867. The predicted molar refractivity (Wildman–Crippen MR) is 96.9 cm³/mol. The van der Waals surface area contributed by atoms with Gasteiger partial charge in [-0.3, -0.25) is 4.79 Å². The van der Waals surface area contributed by atoms with Gasteiger partial charge in [-0.2, -0.15) is 0 Å². The van der Waals surface area contributed by atoms with Crippen molar-refractivity contribution in [1.29, 1.82) is 0 Å². The number of piperazine rings is 1. The smallest absolute Gasteiger partial charge is 0.225 e. The summed E-state index contributed by atoms with van der Waals surface area (Å²) in [7, 11) is 0. The largest absolute Gasteiger partial charge is 0.375 e. The number of carbonyl (C=O) groups excluding carboxylic acids is 1. The molecule has 2 saturated heterocycles. The number of amides is 1. The van der Waals surface area contributed by atoms with Crippen LogP contribution in [-0.2, 0) is 9.53 Å². The molecule has 1 atom stereocenters. The van der Waals surface area contributed by atoms with Gasteiger partial charge in [0, 0.05) is 45.0 Å². The number of hydrogen-bond acceptors (Lipinski definition) is 4. The molecule has 0 bridgehead atoms. The predicted octanol–water partition coefficient (Wildman–Crippen LogP) is 1.70. The molecule has 136 valence electrons. The Labute approximate surface area is 154 Å². The van der Waals surface area contributed by atoms with Gasteiger partial charge in [-0.1, -0.05) is 0 Å². The second kappa shape index (κ2) is 10.0. The number of anilines is 1. The summed E-state index contributed by atoms with van der Waals surface area (Å²) >= 11 is 0. The van der Waals surface area contributed by atoms with Crippen molar-refractivity contribution in [2.45, 2.75) is 12.5 Å². The fraction of sp³-hybridized carbons (Fsp3) is 0.562. The van der Waals surface area contributed by atoms with Crippen LogP contribution in [0.5, 0.6) is 0 Å². The highest BCUT2D eigenvalue weighted by atomic mass is 35.5. The standard InChI is InChI=1S/C16H22FN3O2.2ClH/c17-13-1-3-14(4-2-13)19-6-8-20(9-7-19)16(21)11-15-12-18-5-10-22-15;;/h1-4,15,18H,5-12H2;2*1H. The molecule has 0 aliphatic carbocycles. The SMILES string of the molecule is Cl.Cl.O=C(CC1CNCCO1)N1CCN(c2ccc(F)cc2)CC1. The van der Waals surface area contributed by atoms with Crippen molar-refractivity contribution in [2.75, 3.05) is 50.8 Å². The summed E-state index contributed by atoms with van der Waals surface area (Å²) in [6.07, 6.45) is 0.445. The summed E-state index contributed by atoms with van der Waals surface area (Å²) in [5.41, 5.74) is 1.01. The van der Waals surface area contributed by atoms with Crippen LogP contribution in [0.2, 0.25) is 0 Å². The van der Waals surface area contributed by atoms with Gasteiger partial charge in [0.2, 0.25) is 5.91 Å². The van der Waals surface area contributed by atoms with Gasteiger partial charge in [0.1, 0.15) is 5.82 Å². The van der Waals surface area contributed by atoms with Crippen molar-refractivity contribution in [1.82, 2.24) is 10.2 Å². The van der Waals surface area contributed by atoms with E-state index in [-0.39, 0.29) is 42.6 Å². The molecular weight excluding hydrogens is 356 g/mol. The lowest BCUT2D eigenvalue weighted by Gasteiger charge is -2.37. The van der Waals surface area contributed by atoms with E-state index in [1.807, 2.05) is 4.90 Å². The van der Waals surface area contributed by atoms with E-state index in [0.717, 1.165) is 31.9 Å². The van der Waals surface area contributed by atoms with Gasteiger partial charge in [0.15, 0.2) is 0 Å². The number of morpholine rings is 1. The van der Waals surface area contributed by atoms with Crippen molar-refractivity contribution >= 4 is 36.4 Å². The molecule has 2 fully saturated rings. The zero-order chi connectivity index (χ0) is 15.4. The van der Waals surface area contributed by atoms with Crippen LogP contribution in [0.25, 0.3) is 0 Å². The lowest BCUT2D eigenvalue weighted by molar-refractivity contribution is -0.135. The molecule has 8 heteroatoms. The number of benzene rings is 1. The van der Waals surface area contributed by atoms with E-state index in [2.05, 4.69) is 10.2 Å². The third kappa shape index (κ3) is 5.48. The van der Waals surface area contributed by atoms with Gasteiger partial charge in [0.05, 0.1) is 19.1 Å². The van der Waals surface area contributed by atoms with Gasteiger partial charge in [0.25, 0.3) is 0 Å². The average Bonchev–Trinajstić information content (AvgIpc) is 2.57. The van der Waals surface area contributed by atoms with E-state index < -0.39 is 0 Å². The topological polar surface area (TPSA) is 44.8 Å². The van der Waals surface area contributed by atoms with Crippen LogP contribution in [-0.4, -0.2) is 62.8 Å². The molecule has 0 spiro atoms. The minimum absolute atomic E-state index is 0. The van der Waals surface area contributed by atoms with Crippen LogP contribution >= 0.6 is 24.8 Å². The number of halogens is 3. The molecule has 24 heavy (non-hydrogen) atoms. The zero-order valence-corrected chi connectivity index (χ0v) is 15.1. The molecular formula is C16H24Cl2FN3O2. The number of nitrogens with one attached hydrogen (secondary N) is 1. The Morgan fingerprint density at radius 1 is 1.17 bits per heavy atom. The lowest BCUT2D eigenvalue weighted by Crippen LogP contribution is -2.50. The molecule has 2 heterocycles. The van der Waals surface area contributed by atoms with Crippen molar-refractivity contribution in [3.05, 3.63) is 30.1 Å². The Kier molecular flexibility index (Phi) is 8.76. The second-order valence-corrected chi connectivity index (χ2v) is 5.75. The van der Waals surface area contributed by atoms with E-state index >= 15 is 0 Å². The van der Waals surface area contributed by atoms with Crippen molar-refractivity contribution in [3.63, 3.8) is 0 Å². The first-order chi connectivity index (χ1) is 10.7. The number of carbonyl (C=O) groups is 1. The Balaban J connectivity index is 0.00000144. The first kappa shape index (κ1) is 21.0. The van der Waals surface area contributed by atoms with E-state index in [1.54, 1.807) is 12.1 Å². The molecule has 2 aliphatic rings. The average molecular weight is 380 g/mol. The van der Waals surface area contributed by atoms with Gasteiger partial charge in [-0.05, 0) is 24.3 Å². The Morgan fingerprint density at radius 3 is 2.42 bits per heavy atom. The number of nitrogens with zero attached hydrogens (tertiary/aromatic N) is 2. The highest BCUT2D eigenvalue weighted by Gasteiger charge is 2.24. The molecule has 2 aliphatic heterocycles. The minimum atomic E-state index is -0.223. The first-order valence-electron chi connectivity index (χ1n) is 7.83. The van der Waals surface area contributed by atoms with Crippen LogP contribution < -0.4 is 10.2 Å². The summed E-state index contributed by atoms with van der Waals surface area (Å²) < 4.78 is 18.5. The summed E-state index contributed by atoms with van der Waals surface area (Å²) in [5, 5.41) is 3.24. The van der Waals surface area contributed by atoms with E-state index in [9.17, 15) is 9.18 Å². The fourth-order valence-corrected chi connectivity index (χ4v) is 2.94. The number of ether oxygens (including phenoxy) is 1. The third-order valence-corrected chi connectivity index (χ3v) is 4.23. The van der Waals surface area contributed by atoms with Gasteiger partial charge in [-0.25, -0.2) is 4.39 Å². The first-order valence-corrected chi connectivity index (χ1v) is 7.83. The van der Waals surface area contributed by atoms with Crippen LogP contribution in [0.1, 0.15) is 6.42 Å². The van der Waals surface area contributed by atoms with Gasteiger partial charge in [-0.15, -0.1) is 24.8 Å². The summed E-state index contributed by atoms with van der Waals surface area (Å²) in [6, 6.07) is 6.52. The maximum atomic E-state index is 13.0. The molecule has 5 nitrogen and oxygen atoms in total. The summed E-state index contributed by atoms with van der Waals surface area (Å²) in [5.74, 6) is -0.0638. The molecule has 3 rings (SSSR count). The second-order valence-electron chi connectivity index (χ2n) is 5.75. The highest BCUT2D eigenvalue weighted by molar-refractivity contribution is 5.85. The molecule has 0 saturated carbocycles. The van der Waals surface area contributed by atoms with E-state index in [4.69, 9.17) is 4.74 Å². The van der Waals surface area contributed by atoms with Crippen molar-refractivity contribution < 1.29 is 13.9 Å². The molecule has 0 aromatic heterocycles. The lowest BCUT2D eigenvalue weighted by atomic mass is 10.2. The molecule has 1 amide bonds. The summed E-state index contributed by atoms with van der Waals surface area (Å²) in [6.45, 7) is 5.26. The molecule has 1 unspecified atom stereocenters. The van der Waals surface area contributed by atoms with Crippen molar-refractivity contribution in [3.8, 4) is 0 Å². The maximum Gasteiger partial charge on any atom is 0.225 e. The fourth-order valence-electron chi connectivity index (χ4n) is 2.94. The van der Waals surface area contributed by atoms with E-state index in [1.165, 1.54) is 12.1 Å². The molecule has 1 aromatic rings. The van der Waals surface area contributed by atoms with Crippen LogP contribution in [0.3, 0.4) is 0 Å². The third-order valence-electron chi connectivity index (χ3n) is 4.23. The van der Waals surface area contributed by atoms with Crippen molar-refractivity contribution in [2.24, 2.45) is 0 Å². The molecule has 1 aromatic carbocycles. The Morgan fingerprint density at radius 2 is 1.83 bits per heavy atom. The normalized spacial score (nSPS) is 20.8.